The van der Waals surface area contributed by atoms with Gasteiger partial charge in [-0.2, -0.15) is 0 Å². The zero-order chi connectivity index (χ0) is 13.3. The molecule has 18 heavy (non-hydrogen) atoms. The summed E-state index contributed by atoms with van der Waals surface area (Å²) >= 11 is 0. The Labute approximate surface area is 107 Å². The zero-order valence-corrected chi connectivity index (χ0v) is 11.0. The first-order chi connectivity index (χ1) is 8.39. The van der Waals surface area contributed by atoms with E-state index >= 15 is 0 Å². The van der Waals surface area contributed by atoms with E-state index in [-0.39, 0.29) is 17.1 Å². The quantitative estimate of drug-likeness (QED) is 0.767. The summed E-state index contributed by atoms with van der Waals surface area (Å²) in [6.07, 6.45) is 0. The molecule has 4 heteroatoms. The molecule has 0 atom stereocenters. The fraction of sp³-hybridized carbons (Fsp3) is 0.500. The molecule has 1 aliphatic heterocycles. The maximum absolute atomic E-state index is 13.7. The molecule has 0 saturated carbocycles. The SMILES string of the molecule is Cc1ccc(F)c(C(=O)N2CCOC(C)(C)C2)c1. The third-order valence-electron chi connectivity index (χ3n) is 3.07. The topological polar surface area (TPSA) is 29.5 Å². The molecule has 1 aromatic rings. The number of hydrogen-bond acceptors (Lipinski definition) is 2. The molecule has 1 fully saturated rings. The molecule has 1 heterocycles. The summed E-state index contributed by atoms with van der Waals surface area (Å²) in [6, 6.07) is 4.60. The maximum Gasteiger partial charge on any atom is 0.257 e. The van der Waals surface area contributed by atoms with E-state index < -0.39 is 5.82 Å². The number of morpholine rings is 1. The number of rotatable bonds is 1. The Hall–Kier alpha value is -1.42. The number of halogens is 1. The molecule has 0 aliphatic carbocycles. The van der Waals surface area contributed by atoms with Gasteiger partial charge < -0.3 is 9.64 Å². The highest BCUT2D eigenvalue weighted by Crippen LogP contribution is 2.20. The van der Waals surface area contributed by atoms with Gasteiger partial charge in [-0.15, -0.1) is 0 Å². The average molecular weight is 251 g/mol. The Morgan fingerprint density at radius 2 is 2.17 bits per heavy atom. The molecule has 0 bridgehead atoms. The van der Waals surface area contributed by atoms with Gasteiger partial charge in [0.1, 0.15) is 5.82 Å². The van der Waals surface area contributed by atoms with Crippen LogP contribution in [0.3, 0.4) is 0 Å². The minimum absolute atomic E-state index is 0.146. The second kappa shape index (κ2) is 4.69. The van der Waals surface area contributed by atoms with Gasteiger partial charge in [0, 0.05) is 13.1 Å². The second-order valence-corrected chi connectivity index (χ2v) is 5.32. The van der Waals surface area contributed by atoms with Crippen LogP contribution in [0.2, 0.25) is 0 Å². The largest absolute Gasteiger partial charge is 0.372 e. The highest BCUT2D eigenvalue weighted by atomic mass is 19.1. The Kier molecular flexibility index (Phi) is 3.39. The Morgan fingerprint density at radius 1 is 1.44 bits per heavy atom. The van der Waals surface area contributed by atoms with E-state index in [9.17, 15) is 9.18 Å². The maximum atomic E-state index is 13.7. The van der Waals surface area contributed by atoms with Crippen molar-refractivity contribution in [3.63, 3.8) is 0 Å². The van der Waals surface area contributed by atoms with Gasteiger partial charge in [0.25, 0.3) is 5.91 Å². The van der Waals surface area contributed by atoms with Gasteiger partial charge in [-0.3, -0.25) is 4.79 Å². The summed E-state index contributed by atoms with van der Waals surface area (Å²) in [4.78, 5) is 13.9. The van der Waals surface area contributed by atoms with Gasteiger partial charge in [-0.25, -0.2) is 4.39 Å². The Morgan fingerprint density at radius 3 is 2.83 bits per heavy atom. The van der Waals surface area contributed by atoms with Gasteiger partial charge in [0.2, 0.25) is 0 Å². The van der Waals surface area contributed by atoms with E-state index in [0.29, 0.717) is 19.7 Å². The molecule has 1 saturated heterocycles. The van der Waals surface area contributed by atoms with Crippen molar-refractivity contribution in [1.29, 1.82) is 0 Å². The fourth-order valence-corrected chi connectivity index (χ4v) is 2.16. The van der Waals surface area contributed by atoms with Crippen LogP contribution in [0, 0.1) is 12.7 Å². The number of benzene rings is 1. The molecule has 1 amide bonds. The lowest BCUT2D eigenvalue weighted by atomic mass is 10.1. The predicted molar refractivity (Wildman–Crippen MR) is 67.1 cm³/mol. The molecule has 3 nitrogen and oxygen atoms in total. The van der Waals surface area contributed by atoms with E-state index in [1.807, 2.05) is 20.8 Å². The number of nitrogens with zero attached hydrogens (tertiary/aromatic N) is 1. The highest BCUT2D eigenvalue weighted by molar-refractivity contribution is 5.94. The van der Waals surface area contributed by atoms with Crippen molar-refractivity contribution >= 4 is 5.91 Å². The van der Waals surface area contributed by atoms with Crippen LogP contribution in [0.25, 0.3) is 0 Å². The third kappa shape index (κ3) is 2.70. The van der Waals surface area contributed by atoms with Crippen LogP contribution < -0.4 is 0 Å². The number of amides is 1. The zero-order valence-electron chi connectivity index (χ0n) is 11.0. The van der Waals surface area contributed by atoms with Crippen molar-refractivity contribution in [3.05, 3.63) is 35.1 Å². The lowest BCUT2D eigenvalue weighted by Crippen LogP contribution is -2.50. The van der Waals surface area contributed by atoms with Gasteiger partial charge in [0.05, 0.1) is 17.8 Å². The van der Waals surface area contributed by atoms with Crippen LogP contribution >= 0.6 is 0 Å². The first-order valence-corrected chi connectivity index (χ1v) is 6.08. The van der Waals surface area contributed by atoms with Crippen LogP contribution in [0.4, 0.5) is 4.39 Å². The molecule has 0 unspecified atom stereocenters. The van der Waals surface area contributed by atoms with Crippen LogP contribution in [-0.2, 0) is 4.74 Å². The number of hydrogen-bond donors (Lipinski definition) is 0. The third-order valence-corrected chi connectivity index (χ3v) is 3.07. The van der Waals surface area contributed by atoms with E-state index in [4.69, 9.17) is 4.74 Å². The van der Waals surface area contributed by atoms with E-state index in [1.54, 1.807) is 17.0 Å². The molecular formula is C14H18FNO2. The molecule has 1 aromatic carbocycles. The molecule has 0 aromatic heterocycles. The first kappa shape index (κ1) is 13.0. The normalized spacial score (nSPS) is 18.8. The molecule has 2 rings (SSSR count). The van der Waals surface area contributed by atoms with Crippen molar-refractivity contribution in [2.24, 2.45) is 0 Å². The summed E-state index contributed by atoms with van der Waals surface area (Å²) in [5.41, 5.74) is 0.661. The van der Waals surface area contributed by atoms with Crippen molar-refractivity contribution in [2.45, 2.75) is 26.4 Å². The van der Waals surface area contributed by atoms with Crippen molar-refractivity contribution < 1.29 is 13.9 Å². The molecule has 0 spiro atoms. The van der Waals surface area contributed by atoms with Crippen molar-refractivity contribution in [3.8, 4) is 0 Å². The smallest absolute Gasteiger partial charge is 0.257 e. The number of carbonyl (C=O) groups is 1. The van der Waals surface area contributed by atoms with E-state index in [1.165, 1.54) is 6.07 Å². The summed E-state index contributed by atoms with van der Waals surface area (Å²) in [7, 11) is 0. The predicted octanol–water partition coefficient (Wildman–Crippen LogP) is 2.39. The lowest BCUT2D eigenvalue weighted by Gasteiger charge is -2.38. The number of aryl methyl sites for hydroxylation is 1. The monoisotopic (exact) mass is 251 g/mol. The number of ether oxygens (including phenoxy) is 1. The van der Waals surface area contributed by atoms with Gasteiger partial charge >= 0.3 is 0 Å². The second-order valence-electron chi connectivity index (χ2n) is 5.32. The molecule has 1 aliphatic rings. The van der Waals surface area contributed by atoms with Gasteiger partial charge in [-0.1, -0.05) is 11.6 Å². The fourth-order valence-electron chi connectivity index (χ4n) is 2.16. The molecular weight excluding hydrogens is 233 g/mol. The first-order valence-electron chi connectivity index (χ1n) is 6.08. The average Bonchev–Trinajstić information content (AvgIpc) is 2.30. The lowest BCUT2D eigenvalue weighted by molar-refractivity contribution is -0.0764. The van der Waals surface area contributed by atoms with Gasteiger partial charge in [-0.05, 0) is 32.9 Å². The molecule has 0 radical (unpaired) electrons. The summed E-state index contributed by atoms with van der Waals surface area (Å²) in [5.74, 6) is -0.720. The van der Waals surface area contributed by atoms with Crippen LogP contribution in [0.15, 0.2) is 18.2 Å². The minimum Gasteiger partial charge on any atom is -0.372 e. The van der Waals surface area contributed by atoms with E-state index in [2.05, 4.69) is 0 Å². The number of carbonyl (C=O) groups excluding carboxylic acids is 1. The summed E-state index contributed by atoms with van der Waals surface area (Å²) < 4.78 is 19.2. The summed E-state index contributed by atoms with van der Waals surface area (Å²) in [5, 5.41) is 0. The summed E-state index contributed by atoms with van der Waals surface area (Å²) in [6.45, 7) is 7.19. The van der Waals surface area contributed by atoms with Crippen LogP contribution in [-0.4, -0.2) is 36.1 Å². The van der Waals surface area contributed by atoms with Crippen molar-refractivity contribution in [1.82, 2.24) is 4.90 Å². The minimum atomic E-state index is -0.463. The Balaban J connectivity index is 2.23. The van der Waals surface area contributed by atoms with Crippen LogP contribution in [0.1, 0.15) is 29.8 Å². The molecule has 98 valence electrons. The Bertz CT molecular complexity index is 471. The van der Waals surface area contributed by atoms with E-state index in [0.717, 1.165) is 5.56 Å². The van der Waals surface area contributed by atoms with Gasteiger partial charge in [0.15, 0.2) is 0 Å². The van der Waals surface area contributed by atoms with Crippen molar-refractivity contribution in [2.75, 3.05) is 19.7 Å². The molecule has 0 N–H and O–H groups in total. The van der Waals surface area contributed by atoms with Crippen LogP contribution in [0.5, 0.6) is 0 Å². The highest BCUT2D eigenvalue weighted by Gasteiger charge is 2.31. The standard InChI is InChI=1S/C14H18FNO2/c1-10-4-5-12(15)11(8-10)13(17)16-6-7-18-14(2,3)9-16/h4-5,8H,6-7,9H2,1-3H3.